The predicted molar refractivity (Wildman–Crippen MR) is 65.1 cm³/mol. The fourth-order valence-corrected chi connectivity index (χ4v) is 1.72. The van der Waals surface area contributed by atoms with Crippen LogP contribution in [0.15, 0.2) is 29.0 Å². The molecule has 2 aromatic rings. The van der Waals surface area contributed by atoms with Crippen molar-refractivity contribution in [2.24, 2.45) is 0 Å². The molecule has 0 unspecified atom stereocenters. The number of ether oxygens (including phenoxy) is 1. The number of hydrogen-bond donors (Lipinski definition) is 0. The van der Waals surface area contributed by atoms with Gasteiger partial charge in [0.05, 0.1) is 12.1 Å². The van der Waals surface area contributed by atoms with E-state index in [0.717, 1.165) is 0 Å². The predicted octanol–water partition coefficient (Wildman–Crippen LogP) is 2.02. The van der Waals surface area contributed by atoms with E-state index in [9.17, 15) is 9.18 Å². The largest absolute Gasteiger partial charge is 0.466 e. The van der Waals surface area contributed by atoms with E-state index < -0.39 is 5.82 Å². The summed E-state index contributed by atoms with van der Waals surface area (Å²) in [5.74, 6) is -0.0997. The van der Waals surface area contributed by atoms with E-state index in [-0.39, 0.29) is 6.61 Å². The van der Waals surface area contributed by atoms with Crippen LogP contribution in [0.1, 0.15) is 0 Å². The standard InChI is InChI=1S/C11H9BrFN3O2/c12-8-1-2-9(10(13)5-8)11-14-6-16(15-11)3-4-18-7-17/h1-2,5-7H,3-4H2. The van der Waals surface area contributed by atoms with Gasteiger partial charge in [-0.3, -0.25) is 4.79 Å². The van der Waals surface area contributed by atoms with Gasteiger partial charge in [0, 0.05) is 4.47 Å². The molecule has 0 radical (unpaired) electrons. The Morgan fingerprint density at radius 1 is 1.50 bits per heavy atom. The highest BCUT2D eigenvalue weighted by Gasteiger charge is 2.10. The first kappa shape index (κ1) is 12.7. The van der Waals surface area contributed by atoms with Crippen molar-refractivity contribution in [2.45, 2.75) is 6.54 Å². The third-order valence-electron chi connectivity index (χ3n) is 2.21. The number of halogens is 2. The average molecular weight is 314 g/mol. The van der Waals surface area contributed by atoms with E-state index in [1.165, 1.54) is 17.1 Å². The minimum atomic E-state index is -0.397. The van der Waals surface area contributed by atoms with Crippen LogP contribution in [-0.2, 0) is 16.1 Å². The van der Waals surface area contributed by atoms with Gasteiger partial charge in [-0.1, -0.05) is 15.9 Å². The lowest BCUT2D eigenvalue weighted by Crippen LogP contribution is -2.05. The van der Waals surface area contributed by atoms with Crippen LogP contribution in [0, 0.1) is 5.82 Å². The van der Waals surface area contributed by atoms with Gasteiger partial charge in [-0.15, -0.1) is 0 Å². The molecule has 5 nitrogen and oxygen atoms in total. The van der Waals surface area contributed by atoms with E-state index in [1.54, 1.807) is 12.1 Å². The van der Waals surface area contributed by atoms with E-state index in [2.05, 4.69) is 30.7 Å². The van der Waals surface area contributed by atoms with Crippen LogP contribution in [0.3, 0.4) is 0 Å². The molecule has 7 heteroatoms. The summed E-state index contributed by atoms with van der Waals surface area (Å²) in [5.41, 5.74) is 0.327. The Morgan fingerprint density at radius 2 is 2.33 bits per heavy atom. The normalized spacial score (nSPS) is 10.3. The van der Waals surface area contributed by atoms with Crippen molar-refractivity contribution in [2.75, 3.05) is 6.61 Å². The van der Waals surface area contributed by atoms with Gasteiger partial charge in [-0.2, -0.15) is 5.10 Å². The summed E-state index contributed by atoms with van der Waals surface area (Å²) in [4.78, 5) is 14.0. The molecule has 1 aromatic carbocycles. The molecular formula is C11H9BrFN3O2. The summed E-state index contributed by atoms with van der Waals surface area (Å²) in [6.45, 7) is 0.950. The number of carbonyl (C=O) groups excluding carboxylic acids is 1. The van der Waals surface area contributed by atoms with E-state index in [1.807, 2.05) is 0 Å². The average Bonchev–Trinajstić information content (AvgIpc) is 2.78. The van der Waals surface area contributed by atoms with Crippen molar-refractivity contribution >= 4 is 22.4 Å². The quantitative estimate of drug-likeness (QED) is 0.626. The second-order valence-corrected chi connectivity index (χ2v) is 4.34. The summed E-state index contributed by atoms with van der Waals surface area (Å²) in [5, 5.41) is 4.10. The van der Waals surface area contributed by atoms with Crippen molar-refractivity contribution < 1.29 is 13.9 Å². The minimum absolute atomic E-state index is 0.203. The molecule has 0 aliphatic heterocycles. The Balaban J connectivity index is 2.16. The van der Waals surface area contributed by atoms with Crippen molar-refractivity contribution in [3.63, 3.8) is 0 Å². The Bertz CT molecular complexity index is 559. The molecule has 1 aromatic heterocycles. The van der Waals surface area contributed by atoms with Crippen LogP contribution in [-0.4, -0.2) is 27.8 Å². The molecule has 0 amide bonds. The van der Waals surface area contributed by atoms with E-state index in [4.69, 9.17) is 0 Å². The van der Waals surface area contributed by atoms with Gasteiger partial charge in [0.25, 0.3) is 6.47 Å². The van der Waals surface area contributed by atoms with Gasteiger partial charge in [-0.05, 0) is 18.2 Å². The maximum absolute atomic E-state index is 13.7. The molecule has 1 heterocycles. The Labute approximate surface area is 111 Å². The topological polar surface area (TPSA) is 57.0 Å². The first-order valence-electron chi connectivity index (χ1n) is 5.11. The smallest absolute Gasteiger partial charge is 0.293 e. The molecule has 0 saturated heterocycles. The van der Waals surface area contributed by atoms with Gasteiger partial charge < -0.3 is 4.74 Å². The monoisotopic (exact) mass is 313 g/mol. The van der Waals surface area contributed by atoms with Crippen molar-refractivity contribution in [3.8, 4) is 11.4 Å². The van der Waals surface area contributed by atoms with Crippen LogP contribution >= 0.6 is 15.9 Å². The second-order valence-electron chi connectivity index (χ2n) is 3.42. The van der Waals surface area contributed by atoms with Gasteiger partial charge in [0.1, 0.15) is 18.8 Å². The first-order valence-corrected chi connectivity index (χ1v) is 5.90. The van der Waals surface area contributed by atoms with Gasteiger partial charge in [0.15, 0.2) is 5.82 Å². The van der Waals surface area contributed by atoms with Crippen LogP contribution in [0.5, 0.6) is 0 Å². The zero-order valence-electron chi connectivity index (χ0n) is 9.22. The first-order chi connectivity index (χ1) is 8.70. The molecule has 0 atom stereocenters. The number of carbonyl (C=O) groups is 1. The van der Waals surface area contributed by atoms with Crippen LogP contribution in [0.25, 0.3) is 11.4 Å². The molecule has 0 aliphatic rings. The van der Waals surface area contributed by atoms with Crippen LogP contribution in [0.2, 0.25) is 0 Å². The number of rotatable bonds is 5. The molecule has 0 spiro atoms. The third-order valence-corrected chi connectivity index (χ3v) is 2.71. The number of hydrogen-bond acceptors (Lipinski definition) is 4. The number of nitrogens with zero attached hydrogens (tertiary/aromatic N) is 3. The summed E-state index contributed by atoms with van der Waals surface area (Å²) in [7, 11) is 0. The number of aromatic nitrogens is 3. The van der Waals surface area contributed by atoms with Crippen LogP contribution < -0.4 is 0 Å². The van der Waals surface area contributed by atoms with E-state index in [0.29, 0.717) is 28.9 Å². The Kier molecular flexibility index (Phi) is 4.03. The molecule has 0 N–H and O–H groups in total. The lowest BCUT2D eigenvalue weighted by atomic mass is 10.2. The summed E-state index contributed by atoms with van der Waals surface area (Å²) in [6.07, 6.45) is 1.46. The molecule has 0 saturated carbocycles. The third kappa shape index (κ3) is 2.92. The molecule has 2 rings (SSSR count). The maximum atomic E-state index is 13.7. The molecule has 0 fully saturated rings. The van der Waals surface area contributed by atoms with Crippen molar-refractivity contribution in [1.82, 2.24) is 14.8 Å². The molecular weight excluding hydrogens is 305 g/mol. The van der Waals surface area contributed by atoms with Crippen LogP contribution in [0.4, 0.5) is 4.39 Å². The van der Waals surface area contributed by atoms with E-state index >= 15 is 0 Å². The summed E-state index contributed by atoms with van der Waals surface area (Å²) < 4.78 is 20.3. The van der Waals surface area contributed by atoms with Gasteiger partial charge in [0.2, 0.25) is 0 Å². The zero-order valence-corrected chi connectivity index (χ0v) is 10.8. The lowest BCUT2D eigenvalue weighted by Gasteiger charge is -2.00. The number of benzene rings is 1. The van der Waals surface area contributed by atoms with Gasteiger partial charge >= 0.3 is 0 Å². The molecule has 94 valence electrons. The maximum Gasteiger partial charge on any atom is 0.293 e. The fraction of sp³-hybridized carbons (Fsp3) is 0.182. The molecule has 0 bridgehead atoms. The molecule has 0 aliphatic carbocycles. The Hall–Kier alpha value is -1.76. The van der Waals surface area contributed by atoms with Crippen molar-refractivity contribution in [1.29, 1.82) is 0 Å². The highest BCUT2D eigenvalue weighted by molar-refractivity contribution is 9.10. The lowest BCUT2D eigenvalue weighted by molar-refractivity contribution is -0.128. The zero-order chi connectivity index (χ0) is 13.0. The van der Waals surface area contributed by atoms with Gasteiger partial charge in [-0.25, -0.2) is 14.1 Å². The fourth-order valence-electron chi connectivity index (χ4n) is 1.39. The summed E-state index contributed by atoms with van der Waals surface area (Å²) in [6, 6.07) is 4.67. The molecule has 18 heavy (non-hydrogen) atoms. The minimum Gasteiger partial charge on any atom is -0.466 e. The van der Waals surface area contributed by atoms with Crippen molar-refractivity contribution in [3.05, 3.63) is 34.8 Å². The Morgan fingerprint density at radius 3 is 3.06 bits per heavy atom. The summed E-state index contributed by atoms with van der Waals surface area (Å²) >= 11 is 3.18. The second kappa shape index (κ2) is 5.72. The highest BCUT2D eigenvalue weighted by Crippen LogP contribution is 2.22. The highest BCUT2D eigenvalue weighted by atomic mass is 79.9. The SMILES string of the molecule is O=COCCn1cnc(-c2ccc(Br)cc2F)n1.